The van der Waals surface area contributed by atoms with Crippen LogP contribution in [0.15, 0.2) is 27.6 Å². The molecule has 0 fully saturated rings. The average molecular weight is 341 g/mol. The molecule has 0 amide bonds. The van der Waals surface area contributed by atoms with Crippen LogP contribution in [-0.4, -0.2) is 15.0 Å². The average Bonchev–Trinajstić information content (AvgIpc) is 2.21. The van der Waals surface area contributed by atoms with Gasteiger partial charge in [0.2, 0.25) is 10.0 Å². The van der Waals surface area contributed by atoms with Crippen LogP contribution in [0.25, 0.3) is 0 Å². The number of benzene rings is 1. The Labute approximate surface area is 116 Å². The highest BCUT2D eigenvalue weighted by molar-refractivity contribution is 9.10. The van der Waals surface area contributed by atoms with Crippen molar-refractivity contribution in [1.29, 1.82) is 0 Å². The molecule has 0 unspecified atom stereocenters. The van der Waals surface area contributed by atoms with Crippen LogP contribution < -0.4 is 4.72 Å². The summed E-state index contributed by atoms with van der Waals surface area (Å²) in [7, 11) is -3.43. The highest BCUT2D eigenvalue weighted by Gasteiger charge is 2.14. The van der Waals surface area contributed by atoms with Crippen molar-refractivity contribution in [3.05, 3.63) is 27.7 Å². The lowest BCUT2D eigenvalue weighted by atomic mass is 10.1. The molecule has 96 valence electrons. The fraction of sp³-hybridized carbons (Fsp3) is 0.455. The number of hydrogen-bond donors (Lipinski definition) is 1. The number of nitrogens with one attached hydrogen (secondary N) is 1. The first kappa shape index (κ1) is 15.0. The fourth-order valence-electron chi connectivity index (χ4n) is 1.21. The van der Waals surface area contributed by atoms with Gasteiger partial charge in [0.25, 0.3) is 0 Å². The molecule has 1 N–H and O–H groups in total. The Kier molecular flexibility index (Phi) is 5.44. The largest absolute Gasteiger partial charge is 0.240 e. The third-order valence-corrected chi connectivity index (χ3v) is 4.89. The molecule has 0 radical (unpaired) electrons. The molecule has 0 aliphatic rings. The number of hydrogen-bond acceptors (Lipinski definition) is 2. The monoisotopic (exact) mass is 339 g/mol. The summed E-state index contributed by atoms with van der Waals surface area (Å²) in [5.41, 5.74) is 0. The Morgan fingerprint density at radius 3 is 2.59 bits per heavy atom. The van der Waals surface area contributed by atoms with E-state index in [2.05, 4.69) is 20.7 Å². The van der Waals surface area contributed by atoms with E-state index >= 15 is 0 Å². The van der Waals surface area contributed by atoms with E-state index in [1.54, 1.807) is 6.07 Å². The van der Waals surface area contributed by atoms with Crippen LogP contribution in [-0.2, 0) is 10.0 Å². The minimum Gasteiger partial charge on any atom is -0.211 e. The predicted molar refractivity (Wildman–Crippen MR) is 73.8 cm³/mol. The van der Waals surface area contributed by atoms with Gasteiger partial charge in [-0.3, -0.25) is 0 Å². The van der Waals surface area contributed by atoms with Gasteiger partial charge in [0.15, 0.2) is 0 Å². The van der Waals surface area contributed by atoms with Gasteiger partial charge >= 0.3 is 0 Å². The summed E-state index contributed by atoms with van der Waals surface area (Å²) in [5, 5.41) is 0.492. The smallest absolute Gasteiger partial charge is 0.211 e. The molecule has 6 heteroatoms. The molecule has 3 nitrogen and oxygen atoms in total. The van der Waals surface area contributed by atoms with Gasteiger partial charge in [-0.2, -0.15) is 0 Å². The molecule has 0 saturated carbocycles. The summed E-state index contributed by atoms with van der Waals surface area (Å²) in [5.74, 6) is 0.467. The molecule has 0 saturated heterocycles. The van der Waals surface area contributed by atoms with Gasteiger partial charge in [-0.1, -0.05) is 25.4 Å². The number of rotatable bonds is 5. The molecular formula is C11H15BrClNO2S. The van der Waals surface area contributed by atoms with Crippen LogP contribution in [0.3, 0.4) is 0 Å². The molecule has 1 rings (SSSR count). The fourth-order valence-corrected chi connectivity index (χ4v) is 2.93. The summed E-state index contributed by atoms with van der Waals surface area (Å²) in [4.78, 5) is 0.220. The quantitative estimate of drug-likeness (QED) is 0.892. The first-order valence-electron chi connectivity index (χ1n) is 5.27. The van der Waals surface area contributed by atoms with Crippen LogP contribution in [0, 0.1) is 5.92 Å². The molecule has 0 aliphatic heterocycles. The van der Waals surface area contributed by atoms with Gasteiger partial charge in [-0.25, -0.2) is 13.1 Å². The Hall–Kier alpha value is -0.100. The second kappa shape index (κ2) is 6.18. The molecular weight excluding hydrogens is 326 g/mol. The molecule has 1 aromatic rings. The summed E-state index contributed by atoms with van der Waals surface area (Å²) >= 11 is 9.02. The van der Waals surface area contributed by atoms with Crippen molar-refractivity contribution in [3.8, 4) is 0 Å². The Bertz CT molecular complexity index is 488. The van der Waals surface area contributed by atoms with E-state index in [-0.39, 0.29) is 4.90 Å². The molecule has 0 heterocycles. The van der Waals surface area contributed by atoms with Crippen molar-refractivity contribution in [2.45, 2.75) is 25.2 Å². The second-order valence-electron chi connectivity index (χ2n) is 4.16. The molecule has 17 heavy (non-hydrogen) atoms. The molecule has 0 atom stereocenters. The highest BCUT2D eigenvalue weighted by Crippen LogP contribution is 2.25. The highest BCUT2D eigenvalue weighted by atomic mass is 79.9. The standard InChI is InChI=1S/C11H15BrClNO2S/c1-8(2)5-6-14-17(15,16)9-3-4-11(13)10(12)7-9/h3-4,7-8,14H,5-6H2,1-2H3. The van der Waals surface area contributed by atoms with Crippen LogP contribution in [0.4, 0.5) is 0 Å². The lowest BCUT2D eigenvalue weighted by Gasteiger charge is -2.09. The Morgan fingerprint density at radius 2 is 2.06 bits per heavy atom. The van der Waals surface area contributed by atoms with E-state index in [4.69, 9.17) is 11.6 Å². The van der Waals surface area contributed by atoms with Crippen molar-refractivity contribution in [3.63, 3.8) is 0 Å². The molecule has 1 aromatic carbocycles. The lowest BCUT2D eigenvalue weighted by Crippen LogP contribution is -2.25. The van der Waals surface area contributed by atoms with Crippen LogP contribution in [0.5, 0.6) is 0 Å². The van der Waals surface area contributed by atoms with Crippen molar-refractivity contribution in [2.75, 3.05) is 6.54 Å². The van der Waals surface area contributed by atoms with Gasteiger partial charge in [0.1, 0.15) is 0 Å². The van der Waals surface area contributed by atoms with Gasteiger partial charge in [-0.05, 0) is 46.5 Å². The van der Waals surface area contributed by atoms with Crippen LogP contribution in [0.1, 0.15) is 20.3 Å². The van der Waals surface area contributed by atoms with E-state index in [1.165, 1.54) is 12.1 Å². The first-order chi connectivity index (χ1) is 7.83. The van der Waals surface area contributed by atoms with Crippen molar-refractivity contribution < 1.29 is 8.42 Å². The van der Waals surface area contributed by atoms with E-state index in [0.717, 1.165) is 6.42 Å². The maximum atomic E-state index is 11.9. The van der Waals surface area contributed by atoms with E-state index in [0.29, 0.717) is 22.0 Å². The third-order valence-electron chi connectivity index (χ3n) is 2.22. The summed E-state index contributed by atoms with van der Waals surface area (Å²) < 4.78 is 26.9. The van der Waals surface area contributed by atoms with Gasteiger partial charge in [0.05, 0.1) is 9.92 Å². The molecule has 0 spiro atoms. The second-order valence-corrected chi connectivity index (χ2v) is 7.18. The minimum atomic E-state index is -3.43. The predicted octanol–water partition coefficient (Wildman–Crippen LogP) is 3.43. The van der Waals surface area contributed by atoms with Crippen molar-refractivity contribution >= 4 is 37.6 Å². The van der Waals surface area contributed by atoms with Gasteiger partial charge in [-0.15, -0.1) is 0 Å². The van der Waals surface area contributed by atoms with Crippen molar-refractivity contribution in [2.24, 2.45) is 5.92 Å². The zero-order valence-corrected chi connectivity index (χ0v) is 12.9. The Morgan fingerprint density at radius 1 is 1.41 bits per heavy atom. The minimum absolute atomic E-state index is 0.220. The maximum Gasteiger partial charge on any atom is 0.240 e. The van der Waals surface area contributed by atoms with Crippen LogP contribution >= 0.6 is 27.5 Å². The number of sulfonamides is 1. The van der Waals surface area contributed by atoms with E-state index in [1.807, 2.05) is 13.8 Å². The third kappa shape index (κ3) is 4.58. The Balaban J connectivity index is 2.79. The van der Waals surface area contributed by atoms with E-state index < -0.39 is 10.0 Å². The molecule has 0 aromatic heterocycles. The zero-order valence-electron chi connectivity index (χ0n) is 9.70. The lowest BCUT2D eigenvalue weighted by molar-refractivity contribution is 0.551. The summed E-state index contributed by atoms with van der Waals surface area (Å²) in [6, 6.07) is 4.55. The van der Waals surface area contributed by atoms with Gasteiger partial charge < -0.3 is 0 Å². The molecule has 0 bridgehead atoms. The summed E-state index contributed by atoms with van der Waals surface area (Å²) in [6.45, 7) is 4.54. The van der Waals surface area contributed by atoms with E-state index in [9.17, 15) is 8.42 Å². The normalized spacial score (nSPS) is 12.1. The van der Waals surface area contributed by atoms with Crippen molar-refractivity contribution in [1.82, 2.24) is 4.72 Å². The first-order valence-corrected chi connectivity index (χ1v) is 7.93. The van der Waals surface area contributed by atoms with Gasteiger partial charge in [0, 0.05) is 11.0 Å². The number of halogens is 2. The SMILES string of the molecule is CC(C)CCNS(=O)(=O)c1ccc(Cl)c(Br)c1. The van der Waals surface area contributed by atoms with Crippen LogP contribution in [0.2, 0.25) is 5.02 Å². The zero-order chi connectivity index (χ0) is 13.1. The summed E-state index contributed by atoms with van der Waals surface area (Å²) in [6.07, 6.45) is 0.813. The molecule has 0 aliphatic carbocycles. The topological polar surface area (TPSA) is 46.2 Å². The maximum absolute atomic E-state index is 11.9.